The van der Waals surface area contributed by atoms with Gasteiger partial charge in [0.25, 0.3) is 0 Å². The molecule has 0 saturated carbocycles. The van der Waals surface area contributed by atoms with Crippen LogP contribution in [0.3, 0.4) is 0 Å². The zero-order chi connectivity index (χ0) is 29.9. The van der Waals surface area contributed by atoms with E-state index < -0.39 is 47.7 Å². The number of nitrogens with one attached hydrogen (secondary N) is 1. The van der Waals surface area contributed by atoms with Gasteiger partial charge in [-0.1, -0.05) is 92.7 Å². The number of carbonyl (C=O) groups is 4. The summed E-state index contributed by atoms with van der Waals surface area (Å²) >= 11 is 0. The molecule has 42 heavy (non-hydrogen) atoms. The first-order valence-corrected chi connectivity index (χ1v) is 14.0. The Morgan fingerprint density at radius 3 is 2.10 bits per heavy atom. The van der Waals surface area contributed by atoms with Crippen molar-refractivity contribution in [1.82, 2.24) is 10.2 Å². The number of alkyl carbamates (subject to hydrolysis) is 1. The predicted molar refractivity (Wildman–Crippen MR) is 154 cm³/mol. The highest BCUT2D eigenvalue weighted by molar-refractivity contribution is 5.90. The number of carboxylic acid groups (broad SMARTS) is 1. The average Bonchev–Trinajstić information content (AvgIpc) is 3.48. The van der Waals surface area contributed by atoms with Gasteiger partial charge in [-0.25, -0.2) is 4.79 Å². The van der Waals surface area contributed by atoms with E-state index in [1.165, 1.54) is 4.90 Å². The van der Waals surface area contributed by atoms with Gasteiger partial charge < -0.3 is 24.8 Å². The van der Waals surface area contributed by atoms with Crippen molar-refractivity contribution in [2.75, 3.05) is 19.7 Å². The Morgan fingerprint density at radius 2 is 1.50 bits per heavy atom. The summed E-state index contributed by atoms with van der Waals surface area (Å²) in [5.74, 6) is -3.19. The Morgan fingerprint density at radius 1 is 0.905 bits per heavy atom. The maximum absolute atomic E-state index is 13.6. The molecule has 218 valence electrons. The molecule has 1 heterocycles. The molecule has 3 aromatic carbocycles. The van der Waals surface area contributed by atoms with E-state index in [2.05, 4.69) is 5.32 Å². The zero-order valence-electron chi connectivity index (χ0n) is 23.6. The van der Waals surface area contributed by atoms with Crippen LogP contribution < -0.4 is 5.32 Å². The maximum Gasteiger partial charge on any atom is 0.407 e. The van der Waals surface area contributed by atoms with Crippen LogP contribution >= 0.6 is 0 Å². The van der Waals surface area contributed by atoms with Crippen LogP contribution in [0, 0.1) is 11.3 Å². The van der Waals surface area contributed by atoms with E-state index in [9.17, 15) is 24.3 Å². The fraction of sp³-hybridized carbons (Fsp3) is 0.333. The maximum atomic E-state index is 13.6. The molecule has 0 aromatic heterocycles. The van der Waals surface area contributed by atoms with Crippen molar-refractivity contribution in [3.05, 3.63) is 95.6 Å². The lowest BCUT2D eigenvalue weighted by Gasteiger charge is -2.25. The Labute approximate surface area is 244 Å². The molecule has 1 saturated heterocycles. The first kappa shape index (κ1) is 28.9. The molecule has 2 atom stereocenters. The van der Waals surface area contributed by atoms with Crippen molar-refractivity contribution in [2.24, 2.45) is 11.3 Å². The standard InChI is InChI=1S/C33H34N2O7/c1-33(2)20-35(17-27(33)31(38)39)30(37)28(16-29(36)41-18-21-10-4-3-5-11-21)34-32(40)42-19-26-24-14-8-6-12-22(24)23-13-7-9-15-25(23)26/h3-15,26-28H,16-20H2,1-2H3,(H,34,40)(H,38,39)/t27?,28-/m0/s1. The molecule has 9 heteroatoms. The minimum Gasteiger partial charge on any atom is -0.481 e. The van der Waals surface area contributed by atoms with E-state index in [-0.39, 0.29) is 32.2 Å². The van der Waals surface area contributed by atoms with Crippen molar-refractivity contribution >= 4 is 23.9 Å². The number of benzene rings is 3. The van der Waals surface area contributed by atoms with Crippen LogP contribution in [0.2, 0.25) is 0 Å². The van der Waals surface area contributed by atoms with E-state index in [1.807, 2.05) is 78.9 Å². The topological polar surface area (TPSA) is 122 Å². The van der Waals surface area contributed by atoms with Crippen molar-refractivity contribution in [2.45, 2.75) is 38.8 Å². The van der Waals surface area contributed by atoms with E-state index in [1.54, 1.807) is 13.8 Å². The third kappa shape index (κ3) is 6.15. The molecule has 1 aliphatic carbocycles. The number of carboxylic acids is 1. The van der Waals surface area contributed by atoms with E-state index in [4.69, 9.17) is 9.47 Å². The van der Waals surface area contributed by atoms with Gasteiger partial charge in [-0.15, -0.1) is 0 Å². The molecule has 9 nitrogen and oxygen atoms in total. The van der Waals surface area contributed by atoms with Crippen LogP contribution in [0.15, 0.2) is 78.9 Å². The second-order valence-corrected chi connectivity index (χ2v) is 11.5. The summed E-state index contributed by atoms with van der Waals surface area (Å²) in [6.07, 6.45) is -1.27. The number of carbonyl (C=O) groups excluding carboxylic acids is 3. The predicted octanol–water partition coefficient (Wildman–Crippen LogP) is 4.60. The fourth-order valence-corrected chi connectivity index (χ4v) is 5.88. The monoisotopic (exact) mass is 570 g/mol. The van der Waals surface area contributed by atoms with Gasteiger partial charge in [-0.2, -0.15) is 0 Å². The first-order chi connectivity index (χ1) is 20.1. The van der Waals surface area contributed by atoms with Crippen LogP contribution in [0.25, 0.3) is 11.1 Å². The molecule has 3 aromatic rings. The SMILES string of the molecule is CC1(C)CN(C(=O)[C@H](CC(=O)OCc2ccccc2)NC(=O)OCC2c3ccccc3-c3ccccc32)CC1C(=O)O. The Balaban J connectivity index is 1.28. The van der Waals surface area contributed by atoms with Gasteiger partial charge in [-0.05, 0) is 33.2 Å². The van der Waals surface area contributed by atoms with Gasteiger partial charge in [0.1, 0.15) is 19.3 Å². The minimum absolute atomic E-state index is 0.0172. The number of hydrogen-bond donors (Lipinski definition) is 2. The van der Waals surface area contributed by atoms with Crippen molar-refractivity contribution in [3.63, 3.8) is 0 Å². The lowest BCUT2D eigenvalue weighted by molar-refractivity contribution is -0.148. The number of amides is 2. The molecule has 1 fully saturated rings. The Kier molecular flexibility index (Phi) is 8.29. The lowest BCUT2D eigenvalue weighted by atomic mass is 9.82. The van der Waals surface area contributed by atoms with Gasteiger partial charge in [0.05, 0.1) is 12.3 Å². The number of likely N-dealkylation sites (tertiary alicyclic amines) is 1. The largest absolute Gasteiger partial charge is 0.481 e. The molecule has 2 amide bonds. The number of hydrogen-bond acceptors (Lipinski definition) is 6. The highest BCUT2D eigenvalue weighted by atomic mass is 16.5. The number of ether oxygens (including phenoxy) is 2. The van der Waals surface area contributed by atoms with Gasteiger partial charge in [0, 0.05) is 19.0 Å². The van der Waals surface area contributed by atoms with Gasteiger partial charge in [-0.3, -0.25) is 14.4 Å². The molecule has 1 aliphatic heterocycles. The molecule has 0 bridgehead atoms. The van der Waals surface area contributed by atoms with Crippen LogP contribution in [-0.4, -0.2) is 59.7 Å². The third-order valence-corrected chi connectivity index (χ3v) is 8.10. The minimum atomic E-state index is -1.28. The fourth-order valence-electron chi connectivity index (χ4n) is 5.88. The molecular weight excluding hydrogens is 536 g/mol. The van der Waals surface area contributed by atoms with Crippen molar-refractivity contribution < 1.29 is 33.8 Å². The lowest BCUT2D eigenvalue weighted by Crippen LogP contribution is -2.49. The summed E-state index contributed by atoms with van der Waals surface area (Å²) in [6.45, 7) is 3.76. The number of esters is 1. The van der Waals surface area contributed by atoms with Gasteiger partial charge in [0.15, 0.2) is 0 Å². The van der Waals surface area contributed by atoms with E-state index in [0.29, 0.717) is 0 Å². The molecule has 0 radical (unpaired) electrons. The summed E-state index contributed by atoms with van der Waals surface area (Å²) in [5, 5.41) is 12.2. The van der Waals surface area contributed by atoms with E-state index >= 15 is 0 Å². The normalized spacial score (nSPS) is 17.6. The average molecular weight is 571 g/mol. The highest BCUT2D eigenvalue weighted by Crippen LogP contribution is 2.44. The number of nitrogens with zero attached hydrogens (tertiary/aromatic N) is 1. The third-order valence-electron chi connectivity index (χ3n) is 8.10. The molecular formula is C33H34N2O7. The Bertz CT molecular complexity index is 1440. The molecule has 5 rings (SSSR count). The van der Waals surface area contributed by atoms with Gasteiger partial charge >= 0.3 is 18.0 Å². The molecule has 0 spiro atoms. The quantitative estimate of drug-likeness (QED) is 0.361. The smallest absolute Gasteiger partial charge is 0.407 e. The molecule has 2 N–H and O–H groups in total. The zero-order valence-corrected chi connectivity index (χ0v) is 23.6. The summed E-state index contributed by atoms with van der Waals surface area (Å²) in [6, 6.07) is 23.7. The van der Waals surface area contributed by atoms with Gasteiger partial charge in [0.2, 0.25) is 5.91 Å². The Hall–Kier alpha value is -4.66. The molecule has 2 aliphatic rings. The van der Waals surface area contributed by atoms with Crippen LogP contribution in [-0.2, 0) is 30.5 Å². The van der Waals surface area contributed by atoms with Crippen LogP contribution in [0.4, 0.5) is 4.79 Å². The highest BCUT2D eigenvalue weighted by Gasteiger charge is 2.47. The number of fused-ring (bicyclic) bond motifs is 3. The van der Waals surface area contributed by atoms with E-state index in [0.717, 1.165) is 27.8 Å². The van der Waals surface area contributed by atoms with Crippen molar-refractivity contribution in [3.8, 4) is 11.1 Å². The van der Waals surface area contributed by atoms with Crippen molar-refractivity contribution in [1.29, 1.82) is 0 Å². The summed E-state index contributed by atoms with van der Waals surface area (Å²) in [4.78, 5) is 52.6. The molecule has 1 unspecified atom stereocenters. The second kappa shape index (κ2) is 12.1. The summed E-state index contributed by atoms with van der Waals surface area (Å²) < 4.78 is 11.0. The number of aliphatic carboxylic acids is 1. The second-order valence-electron chi connectivity index (χ2n) is 11.5. The first-order valence-electron chi connectivity index (χ1n) is 14.0. The number of rotatable bonds is 9. The van der Waals surface area contributed by atoms with Crippen LogP contribution in [0.5, 0.6) is 0 Å². The summed E-state index contributed by atoms with van der Waals surface area (Å²) in [7, 11) is 0. The van der Waals surface area contributed by atoms with Crippen LogP contribution in [0.1, 0.15) is 42.9 Å². The summed E-state index contributed by atoms with van der Waals surface area (Å²) in [5.41, 5.74) is 4.36.